The molecule has 0 radical (unpaired) electrons. The van der Waals surface area contributed by atoms with Gasteiger partial charge in [-0.25, -0.2) is 0 Å². The Bertz CT molecular complexity index is 531. The van der Waals surface area contributed by atoms with E-state index in [1.165, 1.54) is 16.7 Å². The zero-order chi connectivity index (χ0) is 21.3. The molecule has 0 amide bonds. The first-order valence-corrected chi connectivity index (χ1v) is 10.5. The van der Waals surface area contributed by atoms with Crippen molar-refractivity contribution >= 4 is 0 Å². The Morgan fingerprint density at radius 3 is 0.741 bits per heavy atom. The van der Waals surface area contributed by atoms with Gasteiger partial charge in [0, 0.05) is 0 Å². The molecule has 0 N–H and O–H groups in total. The molecule has 0 aliphatic carbocycles. The van der Waals surface area contributed by atoms with Crippen LogP contribution in [0.2, 0.25) is 0 Å². The maximum absolute atomic E-state index is 2.12. The van der Waals surface area contributed by atoms with Crippen molar-refractivity contribution in [2.75, 3.05) is 0 Å². The predicted molar refractivity (Wildman–Crippen MR) is 128 cm³/mol. The van der Waals surface area contributed by atoms with Crippen LogP contribution in [0.25, 0.3) is 11.1 Å². The molecular formula is C27H42. The largest absolute Gasteiger partial charge is 0.0683 e. The van der Waals surface area contributed by atoms with Crippen LogP contribution in [0.3, 0.4) is 0 Å². The Morgan fingerprint density at radius 2 is 0.556 bits per heavy atom. The molecule has 0 spiro atoms. The quantitative estimate of drug-likeness (QED) is 0.402. The molecule has 0 saturated heterocycles. The summed E-state index contributed by atoms with van der Waals surface area (Å²) in [7, 11) is 0. The van der Waals surface area contributed by atoms with E-state index in [4.69, 9.17) is 0 Å². The smallest absolute Gasteiger partial charge is 0.0184 e. The monoisotopic (exact) mass is 366 g/mol. The number of aryl methyl sites for hydroxylation is 1. The van der Waals surface area contributed by atoms with Crippen molar-refractivity contribution in [3.05, 3.63) is 96.6 Å². The third kappa shape index (κ3) is 16.9. The van der Waals surface area contributed by atoms with Crippen molar-refractivity contribution in [3.63, 3.8) is 0 Å². The molecule has 3 rings (SSSR count). The summed E-state index contributed by atoms with van der Waals surface area (Å²) in [6, 6.07) is 31.0. The lowest BCUT2D eigenvalue weighted by Gasteiger charge is -1.98. The molecule has 0 heteroatoms. The summed E-state index contributed by atoms with van der Waals surface area (Å²) in [5, 5.41) is 0. The molecule has 3 aromatic rings. The average molecular weight is 367 g/mol. The topological polar surface area (TPSA) is 0 Å². The SMILES string of the molecule is CC.CC.CC.CC.Cc1ccccc1.c1ccc(-c2ccccc2)cc1. The third-order valence-electron chi connectivity index (χ3n) is 2.82. The van der Waals surface area contributed by atoms with Gasteiger partial charge in [0.05, 0.1) is 0 Å². The van der Waals surface area contributed by atoms with Crippen molar-refractivity contribution in [3.8, 4) is 11.1 Å². The van der Waals surface area contributed by atoms with Crippen LogP contribution in [0.5, 0.6) is 0 Å². The van der Waals surface area contributed by atoms with E-state index in [0.717, 1.165) is 0 Å². The van der Waals surface area contributed by atoms with E-state index in [2.05, 4.69) is 67.6 Å². The number of benzene rings is 3. The van der Waals surface area contributed by atoms with Crippen LogP contribution in [0, 0.1) is 6.92 Å². The van der Waals surface area contributed by atoms with Crippen LogP contribution in [0.15, 0.2) is 91.0 Å². The zero-order valence-electron chi connectivity index (χ0n) is 19.2. The highest BCUT2D eigenvalue weighted by Crippen LogP contribution is 2.17. The Hall–Kier alpha value is -2.34. The summed E-state index contributed by atoms with van der Waals surface area (Å²) in [5.41, 5.74) is 3.87. The lowest BCUT2D eigenvalue weighted by atomic mass is 10.1. The van der Waals surface area contributed by atoms with Crippen molar-refractivity contribution in [2.24, 2.45) is 0 Å². The Morgan fingerprint density at radius 1 is 0.333 bits per heavy atom. The highest BCUT2D eigenvalue weighted by Gasteiger charge is 1.91. The fourth-order valence-electron chi connectivity index (χ4n) is 1.80. The van der Waals surface area contributed by atoms with Crippen molar-refractivity contribution in [1.82, 2.24) is 0 Å². The van der Waals surface area contributed by atoms with Gasteiger partial charge in [-0.2, -0.15) is 0 Å². The van der Waals surface area contributed by atoms with E-state index in [0.29, 0.717) is 0 Å². The first-order valence-electron chi connectivity index (χ1n) is 10.5. The molecule has 0 aromatic heterocycles. The van der Waals surface area contributed by atoms with E-state index < -0.39 is 0 Å². The molecule has 3 aromatic carbocycles. The standard InChI is InChI=1S/C12H10.C7H8.4C2H6/c1-3-7-11(8-4-1)12-9-5-2-6-10-12;1-7-5-3-2-4-6-7;4*1-2/h1-10H;2-6H,1H3;4*1-2H3. The van der Waals surface area contributed by atoms with Crippen LogP contribution in [0.4, 0.5) is 0 Å². The lowest BCUT2D eigenvalue weighted by Crippen LogP contribution is -1.73. The van der Waals surface area contributed by atoms with Gasteiger partial charge in [0.25, 0.3) is 0 Å². The predicted octanol–water partition coefficient (Wildman–Crippen LogP) is 9.45. The first-order chi connectivity index (χ1) is 13.4. The molecule has 0 saturated carbocycles. The van der Waals surface area contributed by atoms with Gasteiger partial charge < -0.3 is 0 Å². The molecule has 0 heterocycles. The zero-order valence-corrected chi connectivity index (χ0v) is 19.2. The van der Waals surface area contributed by atoms with E-state index in [1.54, 1.807) is 0 Å². The highest BCUT2D eigenvalue weighted by atomic mass is 14.0. The number of rotatable bonds is 1. The van der Waals surface area contributed by atoms with Crippen LogP contribution >= 0.6 is 0 Å². The first kappa shape index (κ1) is 29.4. The van der Waals surface area contributed by atoms with Crippen molar-refractivity contribution in [2.45, 2.75) is 62.3 Å². The molecule has 0 aliphatic heterocycles. The summed E-state index contributed by atoms with van der Waals surface area (Å²) in [6.45, 7) is 18.1. The lowest BCUT2D eigenvalue weighted by molar-refractivity contribution is 1.48. The Balaban J connectivity index is -0.000000330. The van der Waals surface area contributed by atoms with Gasteiger partial charge >= 0.3 is 0 Å². The van der Waals surface area contributed by atoms with Gasteiger partial charge in [0.2, 0.25) is 0 Å². The summed E-state index contributed by atoms with van der Waals surface area (Å²) in [4.78, 5) is 0. The second-order valence-electron chi connectivity index (χ2n) is 4.39. The molecule has 0 atom stereocenters. The van der Waals surface area contributed by atoms with E-state index in [-0.39, 0.29) is 0 Å². The van der Waals surface area contributed by atoms with E-state index in [9.17, 15) is 0 Å². The van der Waals surface area contributed by atoms with E-state index in [1.807, 2.05) is 85.7 Å². The summed E-state index contributed by atoms with van der Waals surface area (Å²) in [5.74, 6) is 0. The van der Waals surface area contributed by atoms with Crippen LogP contribution < -0.4 is 0 Å². The van der Waals surface area contributed by atoms with Gasteiger partial charge in [-0.05, 0) is 18.1 Å². The minimum atomic E-state index is 1.28. The molecule has 27 heavy (non-hydrogen) atoms. The third-order valence-corrected chi connectivity index (χ3v) is 2.82. The maximum Gasteiger partial charge on any atom is -0.0184 e. The molecule has 0 bridgehead atoms. The van der Waals surface area contributed by atoms with Gasteiger partial charge in [0.1, 0.15) is 0 Å². The fourth-order valence-corrected chi connectivity index (χ4v) is 1.80. The van der Waals surface area contributed by atoms with Crippen LogP contribution in [0.1, 0.15) is 61.0 Å². The normalized spacial score (nSPS) is 7.44. The maximum atomic E-state index is 2.12. The summed E-state index contributed by atoms with van der Waals surface area (Å²) < 4.78 is 0. The van der Waals surface area contributed by atoms with Crippen LogP contribution in [-0.4, -0.2) is 0 Å². The Kier molecular flexibility index (Phi) is 28.2. The van der Waals surface area contributed by atoms with Crippen LogP contribution in [-0.2, 0) is 0 Å². The highest BCUT2D eigenvalue weighted by molar-refractivity contribution is 5.62. The molecule has 0 unspecified atom stereocenters. The minimum Gasteiger partial charge on any atom is -0.0683 e. The second kappa shape index (κ2) is 25.9. The van der Waals surface area contributed by atoms with E-state index >= 15 is 0 Å². The van der Waals surface area contributed by atoms with Gasteiger partial charge in [-0.1, -0.05) is 152 Å². The minimum absolute atomic E-state index is 1.28. The molecule has 150 valence electrons. The average Bonchev–Trinajstić information content (AvgIpc) is 2.81. The molecule has 0 fully saturated rings. The Labute approximate surface area is 170 Å². The number of hydrogen-bond donors (Lipinski definition) is 0. The van der Waals surface area contributed by atoms with Gasteiger partial charge in [0.15, 0.2) is 0 Å². The summed E-state index contributed by atoms with van der Waals surface area (Å²) >= 11 is 0. The molecule has 0 aliphatic rings. The van der Waals surface area contributed by atoms with Gasteiger partial charge in [-0.3, -0.25) is 0 Å². The molecule has 0 nitrogen and oxygen atoms in total. The van der Waals surface area contributed by atoms with Crippen molar-refractivity contribution in [1.29, 1.82) is 0 Å². The van der Waals surface area contributed by atoms with Crippen molar-refractivity contribution < 1.29 is 0 Å². The fraction of sp³-hybridized carbons (Fsp3) is 0.333. The van der Waals surface area contributed by atoms with Gasteiger partial charge in [-0.15, -0.1) is 0 Å². The number of hydrogen-bond acceptors (Lipinski definition) is 0. The molecular weight excluding hydrogens is 324 g/mol. The second-order valence-corrected chi connectivity index (χ2v) is 4.39. The summed E-state index contributed by atoms with van der Waals surface area (Å²) in [6.07, 6.45) is 0.